The Kier molecular flexibility index (Phi) is 3.09. The highest BCUT2D eigenvalue weighted by molar-refractivity contribution is 5.92. The maximum absolute atomic E-state index is 12.3. The first-order chi connectivity index (χ1) is 10.1. The monoisotopic (exact) mass is 287 g/mol. The first kappa shape index (κ1) is 13.2. The molecular weight excluding hydrogens is 274 g/mol. The molecule has 7 heteroatoms. The number of nitrogen functional groups attached to an aromatic ring is 1. The van der Waals surface area contributed by atoms with Gasteiger partial charge in [-0.05, 0) is 29.7 Å². The third-order valence-corrected chi connectivity index (χ3v) is 3.58. The van der Waals surface area contributed by atoms with Crippen LogP contribution in [0.3, 0.4) is 0 Å². The van der Waals surface area contributed by atoms with Crippen molar-refractivity contribution in [1.29, 1.82) is 0 Å². The third kappa shape index (κ3) is 2.33. The van der Waals surface area contributed by atoms with Gasteiger partial charge in [-0.15, -0.1) is 0 Å². The highest BCUT2D eigenvalue weighted by atomic mass is 16.6. The largest absolute Gasteiger partial charge is 0.433 e. The molecule has 2 aromatic rings. The van der Waals surface area contributed by atoms with Gasteiger partial charge in [-0.25, -0.2) is 0 Å². The van der Waals surface area contributed by atoms with Crippen molar-refractivity contribution in [2.24, 2.45) is 0 Å². The highest BCUT2D eigenvalue weighted by Gasteiger charge is 2.26. The third-order valence-electron chi connectivity index (χ3n) is 3.58. The van der Waals surface area contributed by atoms with Crippen molar-refractivity contribution in [2.45, 2.75) is 13.0 Å². The topological polar surface area (TPSA) is 103 Å². The van der Waals surface area contributed by atoms with E-state index < -0.39 is 10.8 Å². The lowest BCUT2D eigenvalue weighted by atomic mass is 9.98. The minimum absolute atomic E-state index is 0.0281. The summed E-state index contributed by atoms with van der Waals surface area (Å²) in [6, 6.07) is 8.18. The van der Waals surface area contributed by atoms with Gasteiger partial charge in [0.15, 0.2) is 5.76 Å². The molecule has 1 aromatic carbocycles. The fraction of sp³-hybridized carbons (Fsp3) is 0.214. The SMILES string of the molecule is Nc1cccc2c1CN(C(=O)c1ccc([N+](=O)[O-])o1)CC2. The quantitative estimate of drug-likeness (QED) is 0.516. The fourth-order valence-electron chi connectivity index (χ4n) is 2.48. The van der Waals surface area contributed by atoms with E-state index in [0.717, 1.165) is 11.1 Å². The van der Waals surface area contributed by atoms with Crippen molar-refractivity contribution in [3.8, 4) is 0 Å². The van der Waals surface area contributed by atoms with Crippen molar-refractivity contribution in [3.63, 3.8) is 0 Å². The van der Waals surface area contributed by atoms with Crippen molar-refractivity contribution in [2.75, 3.05) is 12.3 Å². The lowest BCUT2D eigenvalue weighted by Crippen LogP contribution is -2.36. The number of benzene rings is 1. The van der Waals surface area contributed by atoms with Crippen molar-refractivity contribution >= 4 is 17.5 Å². The smallest absolute Gasteiger partial charge is 0.398 e. The minimum atomic E-state index is -0.666. The molecule has 0 radical (unpaired) electrons. The minimum Gasteiger partial charge on any atom is -0.398 e. The number of carbonyl (C=O) groups is 1. The second-order valence-corrected chi connectivity index (χ2v) is 4.86. The van der Waals surface area contributed by atoms with Crippen molar-refractivity contribution in [1.82, 2.24) is 4.90 Å². The van der Waals surface area contributed by atoms with Gasteiger partial charge in [0.1, 0.15) is 4.92 Å². The van der Waals surface area contributed by atoms with Crippen LogP contribution in [0.5, 0.6) is 0 Å². The summed E-state index contributed by atoms with van der Waals surface area (Å²) in [4.78, 5) is 23.8. The van der Waals surface area contributed by atoms with Gasteiger partial charge in [0.25, 0.3) is 5.91 Å². The molecule has 7 nitrogen and oxygen atoms in total. The molecule has 2 N–H and O–H groups in total. The Balaban J connectivity index is 1.83. The molecule has 1 aliphatic heterocycles. The van der Waals surface area contributed by atoms with Crippen LogP contribution in [0.4, 0.5) is 11.6 Å². The van der Waals surface area contributed by atoms with E-state index in [2.05, 4.69) is 0 Å². The molecule has 0 bridgehead atoms. The van der Waals surface area contributed by atoms with Gasteiger partial charge in [-0.2, -0.15) is 0 Å². The number of furan rings is 1. The fourth-order valence-corrected chi connectivity index (χ4v) is 2.48. The van der Waals surface area contributed by atoms with Crippen molar-refractivity contribution in [3.05, 3.63) is 57.3 Å². The Hall–Kier alpha value is -2.83. The molecule has 0 atom stereocenters. The molecule has 0 unspecified atom stereocenters. The zero-order valence-corrected chi connectivity index (χ0v) is 11.1. The Morgan fingerprint density at radius 2 is 2.14 bits per heavy atom. The average molecular weight is 287 g/mol. The van der Waals surface area contributed by atoms with Crippen LogP contribution in [0.15, 0.2) is 34.7 Å². The van der Waals surface area contributed by atoms with Crippen LogP contribution < -0.4 is 5.73 Å². The predicted octanol–water partition coefficient (Wildman–Crippen LogP) is 1.97. The molecule has 0 fully saturated rings. The number of fused-ring (bicyclic) bond motifs is 1. The van der Waals surface area contributed by atoms with E-state index in [9.17, 15) is 14.9 Å². The molecule has 3 rings (SSSR count). The summed E-state index contributed by atoms with van der Waals surface area (Å²) in [6.45, 7) is 0.916. The lowest BCUT2D eigenvalue weighted by molar-refractivity contribution is -0.402. The molecule has 0 saturated heterocycles. The lowest BCUT2D eigenvalue weighted by Gasteiger charge is -2.29. The molecule has 0 saturated carbocycles. The number of anilines is 1. The number of nitrogens with two attached hydrogens (primary N) is 1. The zero-order valence-electron chi connectivity index (χ0n) is 11.1. The van der Waals surface area contributed by atoms with E-state index in [-0.39, 0.29) is 11.7 Å². The Morgan fingerprint density at radius 3 is 2.86 bits per heavy atom. The Labute approximate surface area is 120 Å². The van der Waals surface area contributed by atoms with Crippen LogP contribution in [0.1, 0.15) is 21.7 Å². The number of hydrogen-bond acceptors (Lipinski definition) is 5. The van der Waals surface area contributed by atoms with Crippen LogP contribution in [-0.2, 0) is 13.0 Å². The molecular formula is C14H13N3O4. The summed E-state index contributed by atoms with van der Waals surface area (Å²) in [5.41, 5.74) is 8.64. The number of amides is 1. The number of hydrogen-bond donors (Lipinski definition) is 1. The van der Waals surface area contributed by atoms with Crippen LogP contribution in [0.25, 0.3) is 0 Å². The Morgan fingerprint density at radius 1 is 1.33 bits per heavy atom. The average Bonchev–Trinajstić information content (AvgIpc) is 2.97. The number of rotatable bonds is 2. The molecule has 0 aliphatic carbocycles. The van der Waals surface area contributed by atoms with Gasteiger partial charge < -0.3 is 15.1 Å². The molecule has 1 amide bonds. The molecule has 2 heterocycles. The maximum atomic E-state index is 12.3. The second kappa shape index (κ2) is 4.93. The van der Waals surface area contributed by atoms with Crippen LogP contribution >= 0.6 is 0 Å². The van der Waals surface area contributed by atoms with Gasteiger partial charge in [-0.1, -0.05) is 12.1 Å². The maximum Gasteiger partial charge on any atom is 0.433 e. The Bertz CT molecular complexity index is 723. The van der Waals surface area contributed by atoms with Crippen LogP contribution in [0, 0.1) is 10.1 Å². The van der Waals surface area contributed by atoms with Gasteiger partial charge in [0, 0.05) is 18.8 Å². The van der Waals surface area contributed by atoms with E-state index in [0.29, 0.717) is 25.2 Å². The number of carbonyl (C=O) groups excluding carboxylic acids is 1. The van der Waals surface area contributed by atoms with E-state index >= 15 is 0 Å². The van der Waals surface area contributed by atoms with Gasteiger partial charge in [-0.3, -0.25) is 14.9 Å². The second-order valence-electron chi connectivity index (χ2n) is 4.86. The van der Waals surface area contributed by atoms with Gasteiger partial charge in [0.05, 0.1) is 6.07 Å². The van der Waals surface area contributed by atoms with E-state index in [1.54, 1.807) is 11.0 Å². The number of nitro groups is 1. The molecule has 21 heavy (non-hydrogen) atoms. The standard InChI is InChI=1S/C14H13N3O4/c15-11-3-1-2-9-6-7-16(8-10(9)11)14(18)12-4-5-13(21-12)17(19)20/h1-5H,6-8,15H2. The summed E-state index contributed by atoms with van der Waals surface area (Å²) in [5.74, 6) is -0.827. The predicted molar refractivity (Wildman–Crippen MR) is 74.7 cm³/mol. The van der Waals surface area contributed by atoms with Crippen LogP contribution in [0.2, 0.25) is 0 Å². The molecule has 1 aromatic heterocycles. The zero-order chi connectivity index (χ0) is 15.0. The van der Waals surface area contributed by atoms with E-state index in [1.165, 1.54) is 12.1 Å². The summed E-state index contributed by atoms with van der Waals surface area (Å²) in [6.07, 6.45) is 0.703. The van der Waals surface area contributed by atoms with Crippen molar-refractivity contribution < 1.29 is 14.1 Å². The summed E-state index contributed by atoms with van der Waals surface area (Å²) < 4.78 is 4.96. The normalized spacial score (nSPS) is 13.8. The number of nitrogens with zero attached hydrogens (tertiary/aromatic N) is 2. The van der Waals surface area contributed by atoms with Gasteiger partial charge >= 0.3 is 5.88 Å². The summed E-state index contributed by atoms with van der Waals surface area (Å²) in [5, 5.41) is 10.6. The summed E-state index contributed by atoms with van der Waals surface area (Å²) in [7, 11) is 0. The molecule has 0 spiro atoms. The van der Waals surface area contributed by atoms with Crippen LogP contribution in [-0.4, -0.2) is 22.3 Å². The highest BCUT2D eigenvalue weighted by Crippen LogP contribution is 2.26. The first-order valence-electron chi connectivity index (χ1n) is 6.46. The summed E-state index contributed by atoms with van der Waals surface area (Å²) >= 11 is 0. The molecule has 1 aliphatic rings. The molecule has 108 valence electrons. The van der Waals surface area contributed by atoms with E-state index in [1.807, 2.05) is 12.1 Å². The van der Waals surface area contributed by atoms with E-state index in [4.69, 9.17) is 10.2 Å². The first-order valence-corrected chi connectivity index (χ1v) is 6.46. The van der Waals surface area contributed by atoms with Gasteiger partial charge in [0.2, 0.25) is 0 Å².